The number of nitrogens with zero attached hydrogens (tertiary/aromatic N) is 2. The van der Waals surface area contributed by atoms with Crippen LogP contribution in [0.15, 0.2) is 18.2 Å². The Balaban J connectivity index is 3.31. The number of para-hydroxylation sites is 1. The molecule has 0 saturated carbocycles. The van der Waals surface area contributed by atoms with E-state index in [4.69, 9.17) is 10.4 Å². The molecule has 7 nitrogen and oxygen atoms in total. The number of aliphatic carboxylic acids is 1. The third-order valence-electron chi connectivity index (χ3n) is 2.32. The molecule has 2 N–H and O–H groups in total. The summed E-state index contributed by atoms with van der Waals surface area (Å²) in [5.41, 5.74) is -1.91. The summed E-state index contributed by atoms with van der Waals surface area (Å²) in [7, 11) is 0. The Labute approximate surface area is 103 Å². The number of nitro benzene ring substituents is 1. The molecule has 0 fully saturated rings. The zero-order chi connectivity index (χ0) is 13.9. The highest BCUT2D eigenvalue weighted by atomic mass is 16.6. The molecule has 94 valence electrons. The quantitative estimate of drug-likeness (QED) is 0.620. The van der Waals surface area contributed by atoms with E-state index in [0.717, 1.165) is 0 Å². The first-order chi connectivity index (χ1) is 8.29. The number of hydrogen-bond acceptors (Lipinski definition) is 5. The Morgan fingerprint density at radius 2 is 2.17 bits per heavy atom. The average Bonchev–Trinajstić information content (AvgIpc) is 2.27. The van der Waals surface area contributed by atoms with Crippen LogP contribution in [0.5, 0.6) is 0 Å². The molecule has 0 aliphatic rings. The average molecular weight is 249 g/mol. The van der Waals surface area contributed by atoms with Crippen molar-refractivity contribution >= 4 is 17.3 Å². The van der Waals surface area contributed by atoms with Gasteiger partial charge in [-0.1, -0.05) is 6.07 Å². The van der Waals surface area contributed by atoms with E-state index in [1.807, 2.05) is 0 Å². The summed E-state index contributed by atoms with van der Waals surface area (Å²) >= 11 is 0. The summed E-state index contributed by atoms with van der Waals surface area (Å²) in [6, 6.07) is 5.82. The lowest BCUT2D eigenvalue weighted by Crippen LogP contribution is -2.40. The highest BCUT2D eigenvalue weighted by molar-refractivity contribution is 5.83. The van der Waals surface area contributed by atoms with Gasteiger partial charge in [0.1, 0.15) is 22.9 Å². The van der Waals surface area contributed by atoms with Crippen molar-refractivity contribution < 1.29 is 14.8 Å². The SMILES string of the molecule is CC(C)(Nc1cccc(C#N)c1[N+](=O)[O-])C(=O)O. The number of nitrogens with one attached hydrogen (secondary N) is 1. The largest absolute Gasteiger partial charge is 0.480 e. The van der Waals surface area contributed by atoms with Gasteiger partial charge in [-0.3, -0.25) is 10.1 Å². The summed E-state index contributed by atoms with van der Waals surface area (Å²) in [4.78, 5) is 21.2. The molecule has 18 heavy (non-hydrogen) atoms. The second-order valence-electron chi connectivity index (χ2n) is 4.13. The van der Waals surface area contributed by atoms with Crippen LogP contribution in [0.25, 0.3) is 0 Å². The molecule has 0 aliphatic carbocycles. The minimum absolute atomic E-state index is 0.00597. The van der Waals surface area contributed by atoms with Crippen LogP contribution >= 0.6 is 0 Å². The third-order valence-corrected chi connectivity index (χ3v) is 2.32. The summed E-state index contributed by atoms with van der Waals surface area (Å²) in [5, 5.41) is 31.2. The molecule has 0 radical (unpaired) electrons. The Morgan fingerprint density at radius 3 is 2.61 bits per heavy atom. The molecule has 7 heteroatoms. The first-order valence-corrected chi connectivity index (χ1v) is 4.98. The van der Waals surface area contributed by atoms with Gasteiger partial charge >= 0.3 is 11.7 Å². The van der Waals surface area contributed by atoms with Crippen molar-refractivity contribution in [3.63, 3.8) is 0 Å². The predicted octanol–water partition coefficient (Wildman–Crippen LogP) is 1.74. The maximum absolute atomic E-state index is 11.0. The molecule has 0 heterocycles. The first-order valence-electron chi connectivity index (χ1n) is 4.98. The van der Waals surface area contributed by atoms with E-state index in [-0.39, 0.29) is 11.3 Å². The van der Waals surface area contributed by atoms with Gasteiger partial charge in [-0.15, -0.1) is 0 Å². The van der Waals surface area contributed by atoms with Gasteiger partial charge in [-0.05, 0) is 26.0 Å². The maximum atomic E-state index is 11.0. The highest BCUT2D eigenvalue weighted by Gasteiger charge is 2.30. The van der Waals surface area contributed by atoms with Gasteiger partial charge < -0.3 is 10.4 Å². The summed E-state index contributed by atoms with van der Waals surface area (Å²) in [6.07, 6.45) is 0. The molecule has 0 unspecified atom stereocenters. The fourth-order valence-electron chi connectivity index (χ4n) is 1.32. The number of hydrogen-bond donors (Lipinski definition) is 2. The lowest BCUT2D eigenvalue weighted by atomic mass is 10.0. The number of carbonyl (C=O) groups is 1. The van der Waals surface area contributed by atoms with Crippen molar-refractivity contribution in [2.45, 2.75) is 19.4 Å². The van der Waals surface area contributed by atoms with Gasteiger partial charge in [-0.25, -0.2) is 4.79 Å². The van der Waals surface area contributed by atoms with Crippen molar-refractivity contribution in [3.05, 3.63) is 33.9 Å². The standard InChI is InChI=1S/C11H11N3O4/c1-11(2,10(15)16)13-8-5-3-4-7(6-12)9(8)14(17)18/h3-5,13H,1-2H3,(H,15,16). The Hall–Kier alpha value is -2.62. The number of carboxylic acid groups (broad SMARTS) is 1. The van der Waals surface area contributed by atoms with Gasteiger partial charge in [0.2, 0.25) is 0 Å². The second-order valence-corrected chi connectivity index (χ2v) is 4.13. The molecule has 0 aromatic heterocycles. The maximum Gasteiger partial charge on any atom is 0.328 e. The molecule has 1 aromatic rings. The number of anilines is 1. The Bertz CT molecular complexity index is 546. The van der Waals surface area contributed by atoms with Crippen LogP contribution in [-0.4, -0.2) is 21.5 Å². The van der Waals surface area contributed by atoms with Crippen LogP contribution in [-0.2, 0) is 4.79 Å². The summed E-state index contributed by atoms with van der Waals surface area (Å²) in [5.74, 6) is -1.15. The van der Waals surface area contributed by atoms with Gasteiger partial charge in [0, 0.05) is 0 Å². The van der Waals surface area contributed by atoms with Crippen LogP contribution in [0, 0.1) is 21.4 Å². The van der Waals surface area contributed by atoms with E-state index in [0.29, 0.717) is 0 Å². The number of nitro groups is 1. The van der Waals surface area contributed by atoms with Gasteiger partial charge in [0.05, 0.1) is 4.92 Å². The minimum atomic E-state index is -1.38. The topological polar surface area (TPSA) is 116 Å². The minimum Gasteiger partial charge on any atom is -0.480 e. The van der Waals surface area contributed by atoms with Crippen LogP contribution in [0.4, 0.5) is 11.4 Å². The molecule has 0 saturated heterocycles. The van der Waals surface area contributed by atoms with Gasteiger partial charge in [0.25, 0.3) is 0 Å². The number of nitriles is 1. The molecule has 0 atom stereocenters. The van der Waals surface area contributed by atoms with Crippen molar-refractivity contribution in [2.75, 3.05) is 5.32 Å². The molecular formula is C11H11N3O4. The zero-order valence-electron chi connectivity index (χ0n) is 9.80. The van der Waals surface area contributed by atoms with Crippen molar-refractivity contribution in [1.82, 2.24) is 0 Å². The van der Waals surface area contributed by atoms with E-state index >= 15 is 0 Å². The lowest BCUT2D eigenvalue weighted by molar-refractivity contribution is -0.384. The smallest absolute Gasteiger partial charge is 0.328 e. The molecule has 1 rings (SSSR count). The van der Waals surface area contributed by atoms with Crippen molar-refractivity contribution in [1.29, 1.82) is 5.26 Å². The van der Waals surface area contributed by atoms with E-state index < -0.39 is 22.1 Å². The monoisotopic (exact) mass is 249 g/mol. The summed E-state index contributed by atoms with van der Waals surface area (Å²) < 4.78 is 0. The van der Waals surface area contributed by atoms with Gasteiger partial charge in [0.15, 0.2) is 0 Å². The first kappa shape index (κ1) is 13.4. The Kier molecular flexibility index (Phi) is 3.52. The van der Waals surface area contributed by atoms with E-state index in [1.54, 1.807) is 6.07 Å². The number of rotatable bonds is 4. The second kappa shape index (κ2) is 4.71. The molecule has 0 aliphatic heterocycles. The lowest BCUT2D eigenvalue weighted by Gasteiger charge is -2.22. The summed E-state index contributed by atoms with van der Waals surface area (Å²) in [6.45, 7) is 2.75. The van der Waals surface area contributed by atoms with E-state index in [1.165, 1.54) is 32.0 Å². The molecule has 0 amide bonds. The molecule has 0 bridgehead atoms. The van der Waals surface area contributed by atoms with Crippen molar-refractivity contribution in [3.8, 4) is 6.07 Å². The number of carboxylic acids is 1. The predicted molar refractivity (Wildman–Crippen MR) is 63.1 cm³/mol. The molecular weight excluding hydrogens is 238 g/mol. The van der Waals surface area contributed by atoms with Crippen LogP contribution in [0.3, 0.4) is 0 Å². The fourth-order valence-corrected chi connectivity index (χ4v) is 1.32. The highest BCUT2D eigenvalue weighted by Crippen LogP contribution is 2.30. The fraction of sp³-hybridized carbons (Fsp3) is 0.273. The normalized spacial score (nSPS) is 10.5. The van der Waals surface area contributed by atoms with Gasteiger partial charge in [-0.2, -0.15) is 5.26 Å². The Morgan fingerprint density at radius 1 is 1.56 bits per heavy atom. The van der Waals surface area contributed by atoms with E-state index in [2.05, 4.69) is 5.32 Å². The zero-order valence-corrected chi connectivity index (χ0v) is 9.80. The van der Waals surface area contributed by atoms with Crippen LogP contribution < -0.4 is 5.32 Å². The van der Waals surface area contributed by atoms with Crippen LogP contribution in [0.2, 0.25) is 0 Å². The van der Waals surface area contributed by atoms with E-state index in [9.17, 15) is 14.9 Å². The van der Waals surface area contributed by atoms with Crippen molar-refractivity contribution in [2.24, 2.45) is 0 Å². The molecule has 0 spiro atoms. The molecule has 1 aromatic carbocycles. The third kappa shape index (κ3) is 2.55. The number of benzene rings is 1. The van der Waals surface area contributed by atoms with Crippen LogP contribution in [0.1, 0.15) is 19.4 Å².